The van der Waals surface area contributed by atoms with Gasteiger partial charge in [-0.15, -0.1) is 11.3 Å². The molecule has 2 N–H and O–H groups in total. The average Bonchev–Trinajstić information content (AvgIpc) is 3.00. The van der Waals surface area contributed by atoms with Crippen LogP contribution in [0.3, 0.4) is 0 Å². The Kier molecular flexibility index (Phi) is 4.41. The Bertz CT molecular complexity index is 590. The fraction of sp³-hybridized carbons (Fsp3) is 0.538. The van der Waals surface area contributed by atoms with E-state index in [1.54, 1.807) is 12.5 Å². The van der Waals surface area contributed by atoms with E-state index in [0.29, 0.717) is 43.2 Å². The van der Waals surface area contributed by atoms with E-state index in [0.717, 1.165) is 4.90 Å². The van der Waals surface area contributed by atoms with Crippen molar-refractivity contribution < 1.29 is 24.0 Å². The summed E-state index contributed by atoms with van der Waals surface area (Å²) in [7, 11) is 1.62. The SMILES string of the molecule is COCCCN1OCCC(N2C(=O)c3csc(N)c3C2=O)O1. The molecule has 0 bridgehead atoms. The Hall–Kier alpha value is -1.52. The fourth-order valence-corrected chi connectivity index (χ4v) is 3.24. The van der Waals surface area contributed by atoms with Crippen LogP contribution < -0.4 is 5.73 Å². The van der Waals surface area contributed by atoms with Crippen molar-refractivity contribution in [2.24, 2.45) is 0 Å². The van der Waals surface area contributed by atoms with Gasteiger partial charge in [0.15, 0.2) is 6.23 Å². The van der Waals surface area contributed by atoms with Gasteiger partial charge in [-0.2, -0.15) is 0 Å². The molecule has 22 heavy (non-hydrogen) atoms. The molecule has 1 aromatic heterocycles. The van der Waals surface area contributed by atoms with Crippen LogP contribution in [0.5, 0.6) is 0 Å². The first-order valence-corrected chi connectivity index (χ1v) is 7.82. The fourth-order valence-electron chi connectivity index (χ4n) is 2.46. The number of rotatable bonds is 5. The van der Waals surface area contributed by atoms with E-state index in [1.165, 1.54) is 16.6 Å². The van der Waals surface area contributed by atoms with Gasteiger partial charge in [0.05, 0.1) is 29.3 Å². The number of anilines is 1. The second kappa shape index (κ2) is 6.31. The maximum atomic E-state index is 12.4. The molecule has 2 aliphatic heterocycles. The summed E-state index contributed by atoms with van der Waals surface area (Å²) in [6.45, 7) is 1.43. The van der Waals surface area contributed by atoms with Crippen LogP contribution in [0.4, 0.5) is 5.00 Å². The maximum Gasteiger partial charge on any atom is 0.266 e. The lowest BCUT2D eigenvalue weighted by molar-refractivity contribution is -0.424. The molecule has 1 atom stereocenters. The minimum Gasteiger partial charge on any atom is -0.390 e. The number of nitrogens with zero attached hydrogens (tertiary/aromatic N) is 2. The lowest BCUT2D eigenvalue weighted by atomic mass is 10.2. The molecule has 3 rings (SSSR count). The number of carbonyl (C=O) groups is 2. The summed E-state index contributed by atoms with van der Waals surface area (Å²) in [6.07, 6.45) is 0.463. The van der Waals surface area contributed by atoms with Crippen LogP contribution in [-0.2, 0) is 14.4 Å². The summed E-state index contributed by atoms with van der Waals surface area (Å²) < 4.78 is 4.97. The van der Waals surface area contributed by atoms with E-state index < -0.39 is 12.1 Å². The molecule has 2 aliphatic rings. The van der Waals surface area contributed by atoms with Gasteiger partial charge >= 0.3 is 0 Å². The number of nitrogens with two attached hydrogens (primary N) is 1. The molecule has 1 saturated heterocycles. The Morgan fingerprint density at radius 1 is 1.45 bits per heavy atom. The number of hydrogen-bond donors (Lipinski definition) is 1. The van der Waals surface area contributed by atoms with Crippen molar-refractivity contribution in [2.75, 3.05) is 32.6 Å². The molecule has 0 aliphatic carbocycles. The number of fused-ring (bicyclic) bond motifs is 1. The van der Waals surface area contributed by atoms with Crippen LogP contribution in [0.1, 0.15) is 33.6 Å². The maximum absolute atomic E-state index is 12.4. The van der Waals surface area contributed by atoms with Gasteiger partial charge in [-0.3, -0.25) is 14.4 Å². The van der Waals surface area contributed by atoms with E-state index in [4.69, 9.17) is 20.1 Å². The van der Waals surface area contributed by atoms with Crippen molar-refractivity contribution in [3.8, 4) is 0 Å². The van der Waals surface area contributed by atoms with Gasteiger partial charge in [-0.25, -0.2) is 9.74 Å². The second-order valence-corrected chi connectivity index (χ2v) is 5.86. The minimum atomic E-state index is -0.673. The molecular weight excluding hydrogens is 310 g/mol. The molecule has 0 aromatic carbocycles. The number of nitrogen functional groups attached to an aromatic ring is 1. The highest BCUT2D eigenvalue weighted by atomic mass is 32.1. The predicted octanol–water partition coefficient (Wildman–Crippen LogP) is 0.858. The zero-order chi connectivity index (χ0) is 15.7. The number of amides is 2. The number of carbonyl (C=O) groups excluding carboxylic acids is 2. The highest BCUT2D eigenvalue weighted by molar-refractivity contribution is 7.14. The molecular formula is C13H17N3O5S. The number of thiophene rings is 1. The van der Waals surface area contributed by atoms with Crippen LogP contribution >= 0.6 is 11.3 Å². The van der Waals surface area contributed by atoms with Gasteiger partial charge in [0, 0.05) is 25.5 Å². The molecule has 0 radical (unpaired) electrons. The van der Waals surface area contributed by atoms with Gasteiger partial charge in [0.25, 0.3) is 11.8 Å². The minimum absolute atomic E-state index is 0.288. The van der Waals surface area contributed by atoms with Gasteiger partial charge in [0.2, 0.25) is 0 Å². The summed E-state index contributed by atoms with van der Waals surface area (Å²) in [5.74, 6) is -0.765. The van der Waals surface area contributed by atoms with Gasteiger partial charge < -0.3 is 10.5 Å². The third-order valence-electron chi connectivity index (χ3n) is 3.52. The van der Waals surface area contributed by atoms with Crippen molar-refractivity contribution in [1.82, 2.24) is 10.1 Å². The van der Waals surface area contributed by atoms with Crippen LogP contribution in [0, 0.1) is 0 Å². The van der Waals surface area contributed by atoms with Crippen molar-refractivity contribution in [3.63, 3.8) is 0 Å². The first kappa shape index (κ1) is 15.4. The summed E-state index contributed by atoms with van der Waals surface area (Å²) in [4.78, 5) is 36.9. The van der Waals surface area contributed by atoms with E-state index in [-0.39, 0.29) is 11.5 Å². The van der Waals surface area contributed by atoms with Gasteiger partial charge in [0.1, 0.15) is 0 Å². The molecule has 0 saturated carbocycles. The number of imide groups is 1. The predicted molar refractivity (Wildman–Crippen MR) is 77.9 cm³/mol. The third-order valence-corrected chi connectivity index (χ3v) is 4.33. The molecule has 1 aromatic rings. The zero-order valence-corrected chi connectivity index (χ0v) is 12.9. The Morgan fingerprint density at radius 3 is 3.00 bits per heavy atom. The lowest BCUT2D eigenvalue weighted by Crippen LogP contribution is -2.49. The van der Waals surface area contributed by atoms with Gasteiger partial charge in [-0.05, 0) is 6.42 Å². The molecule has 3 heterocycles. The largest absolute Gasteiger partial charge is 0.390 e. The Labute approximate surface area is 131 Å². The molecule has 1 unspecified atom stereocenters. The summed E-state index contributed by atoms with van der Waals surface area (Å²) in [5.41, 5.74) is 6.42. The van der Waals surface area contributed by atoms with Gasteiger partial charge in [-0.1, -0.05) is 5.23 Å². The summed E-state index contributed by atoms with van der Waals surface area (Å²) in [5, 5.41) is 3.28. The standard InChI is InChI=1S/C13H17N3O5S/c1-19-5-2-4-15-20-6-3-9(21-15)16-12(17)8-7-22-11(14)10(8)13(16)18/h7,9H,2-6,14H2,1H3. The van der Waals surface area contributed by atoms with E-state index >= 15 is 0 Å². The van der Waals surface area contributed by atoms with Crippen molar-refractivity contribution >= 4 is 28.2 Å². The zero-order valence-electron chi connectivity index (χ0n) is 12.1. The number of ether oxygens (including phenoxy) is 1. The third kappa shape index (κ3) is 2.61. The molecule has 8 nitrogen and oxygen atoms in total. The smallest absolute Gasteiger partial charge is 0.266 e. The van der Waals surface area contributed by atoms with Crippen LogP contribution in [0.15, 0.2) is 5.38 Å². The van der Waals surface area contributed by atoms with Crippen molar-refractivity contribution in [1.29, 1.82) is 0 Å². The summed E-state index contributed by atoms with van der Waals surface area (Å²) >= 11 is 1.20. The van der Waals surface area contributed by atoms with E-state index in [9.17, 15) is 9.59 Å². The monoisotopic (exact) mass is 327 g/mol. The Morgan fingerprint density at radius 2 is 2.27 bits per heavy atom. The molecule has 0 spiro atoms. The number of hydrogen-bond acceptors (Lipinski definition) is 8. The second-order valence-electron chi connectivity index (χ2n) is 4.95. The number of methoxy groups -OCH3 is 1. The van der Waals surface area contributed by atoms with Crippen molar-refractivity contribution in [2.45, 2.75) is 19.1 Å². The number of hydroxylamine groups is 2. The van der Waals surface area contributed by atoms with Crippen LogP contribution in [0.25, 0.3) is 0 Å². The molecule has 120 valence electrons. The Balaban J connectivity index is 1.69. The summed E-state index contributed by atoms with van der Waals surface area (Å²) in [6, 6.07) is 0. The van der Waals surface area contributed by atoms with Crippen LogP contribution in [0.2, 0.25) is 0 Å². The first-order valence-electron chi connectivity index (χ1n) is 6.94. The van der Waals surface area contributed by atoms with Crippen molar-refractivity contribution in [3.05, 3.63) is 16.5 Å². The first-order chi connectivity index (χ1) is 10.6. The van der Waals surface area contributed by atoms with E-state index in [1.807, 2.05) is 0 Å². The highest BCUT2D eigenvalue weighted by Crippen LogP contribution is 2.35. The van der Waals surface area contributed by atoms with Crippen LogP contribution in [-0.4, -0.2) is 55.0 Å². The molecule has 1 fully saturated rings. The molecule has 9 heteroatoms. The average molecular weight is 327 g/mol. The molecule has 2 amide bonds. The lowest BCUT2D eigenvalue weighted by Gasteiger charge is -2.35. The topological polar surface area (TPSA) is 94.3 Å². The normalized spacial score (nSPS) is 22.4. The van der Waals surface area contributed by atoms with E-state index in [2.05, 4.69) is 0 Å². The highest BCUT2D eigenvalue weighted by Gasteiger charge is 2.44. The quantitative estimate of drug-likeness (QED) is 0.633.